The van der Waals surface area contributed by atoms with Crippen LogP contribution in [0.1, 0.15) is 25.7 Å². The third-order valence-electron chi connectivity index (χ3n) is 6.12. The predicted molar refractivity (Wildman–Crippen MR) is 130 cm³/mol. The van der Waals surface area contributed by atoms with Crippen molar-refractivity contribution in [1.29, 1.82) is 0 Å². The van der Waals surface area contributed by atoms with Crippen LogP contribution in [-0.2, 0) is 28.6 Å². The van der Waals surface area contributed by atoms with E-state index in [1.165, 1.54) is 12.1 Å². The maximum Gasteiger partial charge on any atom is 0.297 e. The zero-order valence-electron chi connectivity index (χ0n) is 18.3. The molecule has 1 fully saturated rings. The van der Waals surface area contributed by atoms with Gasteiger partial charge in [0.1, 0.15) is 0 Å². The third kappa shape index (κ3) is 4.86. The summed E-state index contributed by atoms with van der Waals surface area (Å²) in [6.07, 6.45) is 0.518. The topological polar surface area (TPSA) is 86.7 Å². The molecule has 1 aliphatic rings. The van der Waals surface area contributed by atoms with Crippen molar-refractivity contribution in [3.05, 3.63) is 84.9 Å². The normalized spacial score (nSPS) is 19.4. The summed E-state index contributed by atoms with van der Waals surface area (Å²) in [7, 11) is -8.00. The highest BCUT2D eigenvalue weighted by molar-refractivity contribution is 7.87. The van der Waals surface area contributed by atoms with Gasteiger partial charge >= 0.3 is 0 Å². The lowest BCUT2D eigenvalue weighted by Crippen LogP contribution is -2.31. The number of benzene rings is 4. The minimum atomic E-state index is -4.00. The largest absolute Gasteiger partial charge is 0.297 e. The molecule has 8 heteroatoms. The first kappa shape index (κ1) is 23.0. The van der Waals surface area contributed by atoms with Crippen molar-refractivity contribution in [3.63, 3.8) is 0 Å². The highest BCUT2D eigenvalue weighted by Gasteiger charge is 2.32. The van der Waals surface area contributed by atoms with Gasteiger partial charge in [0.2, 0.25) is 0 Å². The molecule has 0 aromatic heterocycles. The van der Waals surface area contributed by atoms with Gasteiger partial charge in [-0.05, 0) is 65.1 Å². The quantitative estimate of drug-likeness (QED) is 0.332. The Kier molecular flexibility index (Phi) is 6.16. The molecule has 5 rings (SSSR count). The molecule has 0 radical (unpaired) electrons. The van der Waals surface area contributed by atoms with E-state index in [4.69, 9.17) is 8.37 Å². The molecule has 0 spiro atoms. The van der Waals surface area contributed by atoms with E-state index in [1.54, 1.807) is 24.3 Å². The molecule has 34 heavy (non-hydrogen) atoms. The maximum atomic E-state index is 12.9. The van der Waals surface area contributed by atoms with Crippen LogP contribution in [0.25, 0.3) is 21.5 Å². The van der Waals surface area contributed by atoms with E-state index in [9.17, 15) is 16.8 Å². The second kappa shape index (κ2) is 9.11. The molecule has 4 aromatic carbocycles. The van der Waals surface area contributed by atoms with Crippen molar-refractivity contribution in [2.24, 2.45) is 0 Å². The van der Waals surface area contributed by atoms with Crippen LogP contribution in [-0.4, -0.2) is 29.0 Å². The summed E-state index contributed by atoms with van der Waals surface area (Å²) in [6, 6.07) is 24.7. The maximum absolute atomic E-state index is 12.9. The fraction of sp³-hybridized carbons (Fsp3) is 0.231. The molecule has 1 aliphatic carbocycles. The van der Waals surface area contributed by atoms with Gasteiger partial charge in [-0.1, -0.05) is 60.7 Å². The Hall–Kier alpha value is -2.78. The monoisotopic (exact) mass is 496 g/mol. The van der Waals surface area contributed by atoms with Gasteiger partial charge in [-0.3, -0.25) is 8.37 Å². The van der Waals surface area contributed by atoms with Crippen molar-refractivity contribution >= 4 is 41.8 Å². The van der Waals surface area contributed by atoms with Crippen molar-refractivity contribution < 1.29 is 25.2 Å². The number of hydrogen-bond donors (Lipinski definition) is 0. The Morgan fingerprint density at radius 3 is 1.41 bits per heavy atom. The van der Waals surface area contributed by atoms with E-state index in [1.807, 2.05) is 48.5 Å². The van der Waals surface area contributed by atoms with E-state index < -0.39 is 32.4 Å². The lowest BCUT2D eigenvalue weighted by Gasteiger charge is -2.28. The standard InChI is InChI=1S/C26H24O6S2/c27-33(28,25-14-12-19-6-1-3-8-21(19)16-25)31-23-10-5-11-24(18-23)32-34(29,30)26-15-13-20-7-2-4-9-22(20)17-26/h1-4,6-9,12-17,23-24H,5,10-11,18H2. The van der Waals surface area contributed by atoms with Gasteiger partial charge in [0.05, 0.1) is 22.0 Å². The predicted octanol–water partition coefficient (Wildman–Crippen LogP) is 5.42. The average molecular weight is 497 g/mol. The van der Waals surface area contributed by atoms with Gasteiger partial charge in [-0.2, -0.15) is 16.8 Å². The molecule has 0 heterocycles. The molecule has 0 aliphatic heterocycles. The fourth-order valence-electron chi connectivity index (χ4n) is 4.39. The molecular formula is C26H24O6S2. The van der Waals surface area contributed by atoms with Gasteiger partial charge in [0, 0.05) is 6.42 Å². The summed E-state index contributed by atoms with van der Waals surface area (Å²) >= 11 is 0. The van der Waals surface area contributed by atoms with Crippen molar-refractivity contribution in [3.8, 4) is 0 Å². The van der Waals surface area contributed by atoms with Crippen molar-refractivity contribution in [2.75, 3.05) is 0 Å². The van der Waals surface area contributed by atoms with Crippen LogP contribution in [0.15, 0.2) is 94.7 Å². The minimum absolute atomic E-state index is 0.0815. The van der Waals surface area contributed by atoms with Gasteiger partial charge < -0.3 is 0 Å². The minimum Gasteiger partial charge on any atom is -0.263 e. The highest BCUT2D eigenvalue weighted by atomic mass is 32.2. The van der Waals surface area contributed by atoms with Crippen LogP contribution in [0.2, 0.25) is 0 Å². The summed E-state index contributed by atoms with van der Waals surface area (Å²) in [5, 5.41) is 3.48. The lowest BCUT2D eigenvalue weighted by molar-refractivity contribution is 0.0759. The average Bonchev–Trinajstić information content (AvgIpc) is 2.83. The summed E-state index contributed by atoms with van der Waals surface area (Å²) in [5.74, 6) is 0. The Morgan fingerprint density at radius 1 is 0.559 bits per heavy atom. The van der Waals surface area contributed by atoms with E-state index in [2.05, 4.69) is 0 Å². The molecule has 1 saturated carbocycles. The summed E-state index contributed by atoms with van der Waals surface area (Å²) in [5.41, 5.74) is 0. The van der Waals surface area contributed by atoms with Crippen LogP contribution in [0.3, 0.4) is 0 Å². The molecule has 2 unspecified atom stereocenters. The Bertz CT molecular complexity index is 1440. The molecular weight excluding hydrogens is 472 g/mol. The van der Waals surface area contributed by atoms with Crippen LogP contribution in [0.5, 0.6) is 0 Å². The van der Waals surface area contributed by atoms with Crippen LogP contribution in [0.4, 0.5) is 0 Å². The Balaban J connectivity index is 1.30. The first-order chi connectivity index (χ1) is 16.3. The van der Waals surface area contributed by atoms with Gasteiger partial charge in [0.15, 0.2) is 0 Å². The number of fused-ring (bicyclic) bond motifs is 2. The first-order valence-electron chi connectivity index (χ1n) is 11.1. The summed E-state index contributed by atoms with van der Waals surface area (Å²) < 4.78 is 62.6. The summed E-state index contributed by atoms with van der Waals surface area (Å²) in [6.45, 7) is 0. The van der Waals surface area contributed by atoms with Crippen LogP contribution >= 0.6 is 0 Å². The molecule has 2 atom stereocenters. The zero-order chi connectivity index (χ0) is 23.8. The highest BCUT2D eigenvalue weighted by Crippen LogP contribution is 2.30. The number of rotatable bonds is 6. The van der Waals surface area contributed by atoms with Gasteiger partial charge in [-0.15, -0.1) is 0 Å². The van der Waals surface area contributed by atoms with E-state index in [0.29, 0.717) is 19.3 Å². The van der Waals surface area contributed by atoms with E-state index in [0.717, 1.165) is 21.5 Å². The Labute approximate surface area is 199 Å². The molecule has 4 aromatic rings. The summed E-state index contributed by atoms with van der Waals surface area (Å²) in [4.78, 5) is 0.163. The molecule has 0 saturated heterocycles. The second-order valence-electron chi connectivity index (χ2n) is 8.53. The van der Waals surface area contributed by atoms with E-state index >= 15 is 0 Å². The molecule has 0 bridgehead atoms. The van der Waals surface area contributed by atoms with Crippen LogP contribution < -0.4 is 0 Å². The SMILES string of the molecule is O=S(=O)(OC1CCCC(OS(=O)(=O)c2ccc3ccccc3c2)C1)c1ccc2ccccc2c1. The van der Waals surface area contributed by atoms with Crippen LogP contribution in [0, 0.1) is 0 Å². The van der Waals surface area contributed by atoms with Crippen molar-refractivity contribution in [2.45, 2.75) is 47.7 Å². The molecule has 6 nitrogen and oxygen atoms in total. The molecule has 0 N–H and O–H groups in total. The smallest absolute Gasteiger partial charge is 0.263 e. The first-order valence-corrected chi connectivity index (χ1v) is 14.0. The lowest BCUT2D eigenvalue weighted by atomic mass is 9.95. The Morgan fingerprint density at radius 2 is 0.971 bits per heavy atom. The second-order valence-corrected chi connectivity index (χ2v) is 11.7. The molecule has 176 valence electrons. The van der Waals surface area contributed by atoms with E-state index in [-0.39, 0.29) is 16.2 Å². The third-order valence-corrected chi connectivity index (χ3v) is 8.84. The van der Waals surface area contributed by atoms with Crippen molar-refractivity contribution in [1.82, 2.24) is 0 Å². The van der Waals surface area contributed by atoms with Gasteiger partial charge in [0.25, 0.3) is 20.2 Å². The fourth-order valence-corrected chi connectivity index (χ4v) is 6.69. The van der Waals surface area contributed by atoms with Gasteiger partial charge in [-0.25, -0.2) is 0 Å². The number of hydrogen-bond acceptors (Lipinski definition) is 6. The zero-order valence-corrected chi connectivity index (χ0v) is 20.0. The molecule has 0 amide bonds.